The summed E-state index contributed by atoms with van der Waals surface area (Å²) in [5.74, 6) is 3.57. The van der Waals surface area contributed by atoms with Gasteiger partial charge in [0.15, 0.2) is 0 Å². The monoisotopic (exact) mass is 211 g/mol. The summed E-state index contributed by atoms with van der Waals surface area (Å²) >= 11 is 0. The number of urea groups is 1. The predicted octanol–water partition coefficient (Wildman–Crippen LogP) is 0.844. The van der Waals surface area contributed by atoms with Crippen LogP contribution in [0, 0.1) is 5.92 Å². The van der Waals surface area contributed by atoms with Crippen LogP contribution >= 0.6 is 0 Å². The zero-order valence-corrected chi connectivity index (χ0v) is 7.47. The summed E-state index contributed by atoms with van der Waals surface area (Å²) in [4.78, 5) is 12.2. The van der Waals surface area contributed by atoms with E-state index in [1.165, 1.54) is 4.90 Å². The second kappa shape index (κ2) is 4.04. The van der Waals surface area contributed by atoms with Crippen molar-refractivity contribution < 1.29 is 18.0 Å². The van der Waals surface area contributed by atoms with Crippen LogP contribution in [0.5, 0.6) is 0 Å². The number of nitrogens with zero attached hydrogens (tertiary/aromatic N) is 1. The van der Waals surface area contributed by atoms with E-state index in [9.17, 15) is 18.0 Å². The molecule has 0 spiro atoms. The lowest BCUT2D eigenvalue weighted by molar-refractivity contribution is -0.183. The summed E-state index contributed by atoms with van der Waals surface area (Å²) in [6.45, 7) is 0.209. The van der Waals surface area contributed by atoms with Gasteiger partial charge in [-0.1, -0.05) is 0 Å². The Morgan fingerprint density at radius 3 is 2.21 bits per heavy atom. The average molecular weight is 211 g/mol. The number of piperidine rings is 1. The summed E-state index contributed by atoms with van der Waals surface area (Å²) in [7, 11) is 0. The molecule has 1 rings (SSSR count). The Hall–Kier alpha value is -0.980. The number of amides is 2. The van der Waals surface area contributed by atoms with Crippen LogP contribution in [0.1, 0.15) is 12.8 Å². The van der Waals surface area contributed by atoms with Crippen molar-refractivity contribution in [2.24, 2.45) is 11.8 Å². The minimum absolute atomic E-state index is 0.0447. The largest absolute Gasteiger partial charge is 0.391 e. The molecule has 2 amide bonds. The molecule has 0 aliphatic carbocycles. The molecule has 0 radical (unpaired) electrons. The van der Waals surface area contributed by atoms with E-state index in [0.717, 1.165) is 0 Å². The molecule has 0 bridgehead atoms. The Morgan fingerprint density at radius 2 is 1.86 bits per heavy atom. The quantitative estimate of drug-likeness (QED) is 0.354. The molecule has 7 heteroatoms. The van der Waals surface area contributed by atoms with Gasteiger partial charge in [-0.2, -0.15) is 13.2 Å². The van der Waals surface area contributed by atoms with Crippen LogP contribution in [-0.4, -0.2) is 30.2 Å². The fourth-order valence-corrected chi connectivity index (χ4v) is 1.50. The van der Waals surface area contributed by atoms with Gasteiger partial charge in [-0.3, -0.25) is 5.43 Å². The highest BCUT2D eigenvalue weighted by atomic mass is 19.4. The Labute approximate surface area is 79.2 Å². The van der Waals surface area contributed by atoms with Gasteiger partial charge in [0.05, 0.1) is 5.92 Å². The predicted molar refractivity (Wildman–Crippen MR) is 43.1 cm³/mol. The van der Waals surface area contributed by atoms with Gasteiger partial charge in [0.1, 0.15) is 0 Å². The molecule has 0 saturated carbocycles. The van der Waals surface area contributed by atoms with Crippen LogP contribution in [0.4, 0.5) is 18.0 Å². The minimum atomic E-state index is -4.15. The van der Waals surface area contributed by atoms with Gasteiger partial charge in [0.2, 0.25) is 0 Å². The van der Waals surface area contributed by atoms with E-state index < -0.39 is 18.1 Å². The molecule has 1 aliphatic heterocycles. The first-order valence-electron chi connectivity index (χ1n) is 4.27. The Kier molecular flexibility index (Phi) is 3.20. The third-order valence-electron chi connectivity index (χ3n) is 2.37. The molecule has 1 saturated heterocycles. The molecule has 0 aromatic heterocycles. The van der Waals surface area contributed by atoms with Crippen LogP contribution in [0.15, 0.2) is 0 Å². The summed E-state index contributed by atoms with van der Waals surface area (Å²) in [5.41, 5.74) is 1.89. The van der Waals surface area contributed by atoms with Crippen molar-refractivity contribution in [1.29, 1.82) is 0 Å². The first-order valence-corrected chi connectivity index (χ1v) is 4.27. The normalized spacial score (nSPS) is 19.6. The molecule has 0 unspecified atom stereocenters. The molecule has 0 atom stereocenters. The highest BCUT2D eigenvalue weighted by Gasteiger charge is 2.41. The SMILES string of the molecule is NNC(=O)N1CCC(C(F)(F)F)CC1. The van der Waals surface area contributed by atoms with Crippen molar-refractivity contribution in [3.8, 4) is 0 Å². The molecule has 82 valence electrons. The first-order chi connectivity index (χ1) is 6.45. The topological polar surface area (TPSA) is 58.4 Å². The van der Waals surface area contributed by atoms with Gasteiger partial charge in [-0.05, 0) is 12.8 Å². The summed E-state index contributed by atoms with van der Waals surface area (Å²) in [6.07, 6.45) is -4.24. The van der Waals surface area contributed by atoms with Gasteiger partial charge >= 0.3 is 12.2 Å². The van der Waals surface area contributed by atoms with Crippen molar-refractivity contribution in [3.05, 3.63) is 0 Å². The number of rotatable bonds is 0. The fourth-order valence-electron chi connectivity index (χ4n) is 1.50. The van der Waals surface area contributed by atoms with E-state index in [-0.39, 0.29) is 25.9 Å². The zero-order valence-electron chi connectivity index (χ0n) is 7.47. The summed E-state index contributed by atoms with van der Waals surface area (Å²) < 4.78 is 36.6. The molecule has 0 aromatic carbocycles. The fraction of sp³-hybridized carbons (Fsp3) is 0.857. The van der Waals surface area contributed by atoms with Gasteiger partial charge in [-0.25, -0.2) is 10.6 Å². The van der Waals surface area contributed by atoms with Crippen LogP contribution in [0.25, 0.3) is 0 Å². The number of alkyl halides is 3. The highest BCUT2D eigenvalue weighted by molar-refractivity contribution is 5.73. The van der Waals surface area contributed by atoms with Crippen LogP contribution in [0.2, 0.25) is 0 Å². The Balaban J connectivity index is 2.43. The minimum Gasteiger partial charge on any atom is -0.324 e. The van der Waals surface area contributed by atoms with Crippen molar-refractivity contribution in [2.75, 3.05) is 13.1 Å². The van der Waals surface area contributed by atoms with E-state index in [4.69, 9.17) is 5.84 Å². The maximum absolute atomic E-state index is 12.2. The number of likely N-dealkylation sites (tertiary alicyclic amines) is 1. The molecule has 1 aliphatic rings. The zero-order chi connectivity index (χ0) is 10.8. The van der Waals surface area contributed by atoms with E-state index in [1.807, 2.05) is 5.43 Å². The third kappa shape index (κ3) is 2.50. The van der Waals surface area contributed by atoms with Gasteiger partial charge in [-0.15, -0.1) is 0 Å². The molecule has 4 nitrogen and oxygen atoms in total. The van der Waals surface area contributed by atoms with Crippen molar-refractivity contribution in [1.82, 2.24) is 10.3 Å². The molecular weight excluding hydrogens is 199 g/mol. The Morgan fingerprint density at radius 1 is 1.36 bits per heavy atom. The van der Waals surface area contributed by atoms with Crippen molar-refractivity contribution >= 4 is 6.03 Å². The second-order valence-electron chi connectivity index (χ2n) is 3.25. The lowest BCUT2D eigenvalue weighted by atomic mass is 9.97. The maximum Gasteiger partial charge on any atom is 0.391 e. The number of hydrazine groups is 1. The van der Waals surface area contributed by atoms with Gasteiger partial charge in [0.25, 0.3) is 0 Å². The van der Waals surface area contributed by atoms with E-state index >= 15 is 0 Å². The molecule has 14 heavy (non-hydrogen) atoms. The van der Waals surface area contributed by atoms with E-state index in [2.05, 4.69) is 0 Å². The number of carbonyl (C=O) groups is 1. The van der Waals surface area contributed by atoms with Gasteiger partial charge < -0.3 is 4.90 Å². The number of halogens is 3. The lowest BCUT2D eigenvalue weighted by Crippen LogP contribution is -2.48. The number of hydrogen-bond donors (Lipinski definition) is 2. The third-order valence-corrected chi connectivity index (χ3v) is 2.37. The summed E-state index contributed by atoms with van der Waals surface area (Å²) in [5, 5.41) is 0. The smallest absolute Gasteiger partial charge is 0.324 e. The summed E-state index contributed by atoms with van der Waals surface area (Å²) in [6, 6.07) is -0.523. The number of carbonyl (C=O) groups excluding carboxylic acids is 1. The van der Waals surface area contributed by atoms with Crippen LogP contribution in [-0.2, 0) is 0 Å². The molecule has 1 heterocycles. The van der Waals surface area contributed by atoms with Crippen LogP contribution in [0.3, 0.4) is 0 Å². The van der Waals surface area contributed by atoms with Gasteiger partial charge in [0, 0.05) is 13.1 Å². The first kappa shape index (κ1) is 11.1. The highest BCUT2D eigenvalue weighted by Crippen LogP contribution is 2.33. The standard InChI is InChI=1S/C7H12F3N3O/c8-7(9,10)5-1-3-13(4-2-5)6(14)12-11/h5H,1-4,11H2,(H,12,14). The molecule has 3 N–H and O–H groups in total. The molecule has 0 aromatic rings. The number of nitrogens with two attached hydrogens (primary N) is 1. The Bertz CT molecular complexity index is 211. The molecular formula is C7H12F3N3O. The number of hydrogen-bond acceptors (Lipinski definition) is 2. The van der Waals surface area contributed by atoms with E-state index in [1.54, 1.807) is 0 Å². The maximum atomic E-state index is 12.2. The van der Waals surface area contributed by atoms with Crippen molar-refractivity contribution in [3.63, 3.8) is 0 Å². The van der Waals surface area contributed by atoms with Crippen molar-refractivity contribution in [2.45, 2.75) is 19.0 Å². The van der Waals surface area contributed by atoms with E-state index in [0.29, 0.717) is 0 Å². The second-order valence-corrected chi connectivity index (χ2v) is 3.25. The molecule has 1 fully saturated rings. The number of nitrogens with one attached hydrogen (secondary N) is 1. The lowest BCUT2D eigenvalue weighted by Gasteiger charge is -2.32. The average Bonchev–Trinajstić information content (AvgIpc) is 2.15. The van der Waals surface area contributed by atoms with Crippen LogP contribution < -0.4 is 11.3 Å².